The zero-order chi connectivity index (χ0) is 15.6. The molecule has 1 aromatic carbocycles. The topological polar surface area (TPSA) is 56.0 Å². The van der Waals surface area contributed by atoms with Gasteiger partial charge in [-0.25, -0.2) is 4.98 Å². The molecule has 5 rings (SSSR count). The molecule has 116 valence electrons. The third kappa shape index (κ3) is 1.84. The molecule has 0 saturated heterocycles. The van der Waals surface area contributed by atoms with Gasteiger partial charge in [0, 0.05) is 32.3 Å². The number of para-hydroxylation sites is 2. The molecule has 3 aromatic rings. The Bertz CT molecular complexity index is 924. The van der Waals surface area contributed by atoms with Gasteiger partial charge < -0.3 is 4.57 Å². The Kier molecular flexibility index (Phi) is 2.48. The molecule has 1 aliphatic heterocycles. The fraction of sp³-hybridized carbons (Fsp3) is 0.353. The third-order valence-corrected chi connectivity index (χ3v) is 4.95. The molecule has 0 unspecified atom stereocenters. The predicted molar refractivity (Wildman–Crippen MR) is 86.1 cm³/mol. The summed E-state index contributed by atoms with van der Waals surface area (Å²) in [6, 6.07) is 8.06. The standard InChI is InChI=1S/C17H17N5O/c1-20-10-11(9-18-20)12-8-13(12)16(23)22-7-6-21-15-5-3-2-4-14(15)19-17(21)22/h2-5,9-10,12-13H,6-8H2,1H3/t12-,13+/m0/s1. The maximum Gasteiger partial charge on any atom is 0.233 e. The summed E-state index contributed by atoms with van der Waals surface area (Å²) in [6.07, 6.45) is 4.80. The quantitative estimate of drug-likeness (QED) is 0.727. The Labute approximate surface area is 133 Å². The summed E-state index contributed by atoms with van der Waals surface area (Å²) in [4.78, 5) is 19.4. The van der Waals surface area contributed by atoms with E-state index in [4.69, 9.17) is 0 Å². The molecule has 0 bridgehead atoms. The summed E-state index contributed by atoms with van der Waals surface area (Å²) in [7, 11) is 1.91. The smallest absolute Gasteiger partial charge is 0.233 e. The van der Waals surface area contributed by atoms with E-state index >= 15 is 0 Å². The maximum absolute atomic E-state index is 12.9. The van der Waals surface area contributed by atoms with Crippen LogP contribution in [0.4, 0.5) is 5.95 Å². The first-order valence-electron chi connectivity index (χ1n) is 7.97. The molecule has 1 saturated carbocycles. The second-order valence-electron chi connectivity index (χ2n) is 6.44. The molecule has 1 fully saturated rings. The van der Waals surface area contributed by atoms with E-state index in [9.17, 15) is 4.79 Å². The van der Waals surface area contributed by atoms with Gasteiger partial charge in [0.15, 0.2) is 0 Å². The zero-order valence-electron chi connectivity index (χ0n) is 12.9. The molecule has 0 radical (unpaired) electrons. The number of amides is 1. The number of rotatable bonds is 2. The minimum Gasteiger partial charge on any atom is -0.308 e. The molecular weight excluding hydrogens is 290 g/mol. The molecule has 2 aromatic heterocycles. The summed E-state index contributed by atoms with van der Waals surface area (Å²) < 4.78 is 3.94. The number of hydrogen-bond donors (Lipinski definition) is 0. The Morgan fingerprint density at radius 3 is 2.96 bits per heavy atom. The minimum atomic E-state index is 0.0746. The van der Waals surface area contributed by atoms with Crippen LogP contribution in [0.25, 0.3) is 11.0 Å². The summed E-state index contributed by atoms with van der Waals surface area (Å²) in [5.74, 6) is 1.39. The lowest BCUT2D eigenvalue weighted by Crippen LogP contribution is -2.31. The van der Waals surface area contributed by atoms with Gasteiger partial charge in [0.1, 0.15) is 0 Å². The van der Waals surface area contributed by atoms with E-state index < -0.39 is 0 Å². The molecule has 23 heavy (non-hydrogen) atoms. The molecule has 3 heterocycles. The first-order chi connectivity index (χ1) is 11.2. The molecule has 6 heteroatoms. The second-order valence-corrected chi connectivity index (χ2v) is 6.44. The summed E-state index contributed by atoms with van der Waals surface area (Å²) in [5.41, 5.74) is 3.23. The van der Waals surface area contributed by atoms with Crippen LogP contribution in [0, 0.1) is 5.92 Å². The van der Waals surface area contributed by atoms with E-state index in [1.54, 1.807) is 4.68 Å². The van der Waals surface area contributed by atoms with Gasteiger partial charge in [0.05, 0.1) is 17.2 Å². The molecular formula is C17H17N5O. The fourth-order valence-electron chi connectivity index (χ4n) is 3.67. The van der Waals surface area contributed by atoms with Crippen LogP contribution >= 0.6 is 0 Å². The summed E-state index contributed by atoms with van der Waals surface area (Å²) >= 11 is 0. The highest BCUT2D eigenvalue weighted by atomic mass is 16.2. The van der Waals surface area contributed by atoms with E-state index in [2.05, 4.69) is 20.7 Å². The van der Waals surface area contributed by atoms with Crippen LogP contribution < -0.4 is 4.90 Å². The first-order valence-corrected chi connectivity index (χ1v) is 7.97. The van der Waals surface area contributed by atoms with E-state index in [0.717, 1.165) is 36.5 Å². The van der Waals surface area contributed by atoms with Crippen molar-refractivity contribution in [3.8, 4) is 0 Å². The lowest BCUT2D eigenvalue weighted by Gasteiger charge is -2.13. The maximum atomic E-state index is 12.9. The van der Waals surface area contributed by atoms with Crippen LogP contribution in [0.5, 0.6) is 0 Å². The Balaban J connectivity index is 1.43. The highest BCUT2D eigenvalue weighted by Gasteiger charge is 2.48. The van der Waals surface area contributed by atoms with Crippen LogP contribution in [0.2, 0.25) is 0 Å². The van der Waals surface area contributed by atoms with E-state index in [1.165, 1.54) is 5.56 Å². The number of hydrogen-bond acceptors (Lipinski definition) is 3. The van der Waals surface area contributed by atoms with Crippen molar-refractivity contribution in [3.63, 3.8) is 0 Å². The van der Waals surface area contributed by atoms with Crippen molar-refractivity contribution in [3.05, 3.63) is 42.2 Å². The van der Waals surface area contributed by atoms with Gasteiger partial charge in [-0.2, -0.15) is 5.10 Å². The number of imidazole rings is 1. The first kappa shape index (κ1) is 12.9. The molecule has 0 N–H and O–H groups in total. The molecule has 1 amide bonds. The largest absolute Gasteiger partial charge is 0.308 e. The predicted octanol–water partition coefficient (Wildman–Crippen LogP) is 1.92. The van der Waals surface area contributed by atoms with Crippen LogP contribution in [-0.4, -0.2) is 31.8 Å². The van der Waals surface area contributed by atoms with Gasteiger partial charge in [-0.05, 0) is 30.0 Å². The van der Waals surface area contributed by atoms with Gasteiger partial charge >= 0.3 is 0 Å². The number of fused-ring (bicyclic) bond motifs is 3. The number of carbonyl (C=O) groups excluding carboxylic acids is 1. The molecule has 2 aliphatic rings. The van der Waals surface area contributed by atoms with Crippen molar-refractivity contribution < 1.29 is 4.79 Å². The van der Waals surface area contributed by atoms with Crippen LogP contribution in [0.3, 0.4) is 0 Å². The Hall–Kier alpha value is -2.63. The Morgan fingerprint density at radius 1 is 1.26 bits per heavy atom. The monoisotopic (exact) mass is 307 g/mol. The normalized spacial score (nSPS) is 22.6. The number of carbonyl (C=O) groups is 1. The van der Waals surface area contributed by atoms with E-state index in [-0.39, 0.29) is 11.8 Å². The number of nitrogens with zero attached hydrogens (tertiary/aromatic N) is 5. The van der Waals surface area contributed by atoms with Gasteiger partial charge in [0.2, 0.25) is 11.9 Å². The SMILES string of the molecule is Cn1cc([C@@H]2C[C@H]2C(=O)N2CCn3c2nc2ccccc23)cn1. The number of benzene rings is 1. The van der Waals surface area contributed by atoms with Gasteiger partial charge in [-0.15, -0.1) is 0 Å². The van der Waals surface area contributed by atoms with Gasteiger partial charge in [-0.3, -0.25) is 14.4 Å². The van der Waals surface area contributed by atoms with E-state index in [0.29, 0.717) is 5.92 Å². The zero-order valence-corrected chi connectivity index (χ0v) is 12.9. The average Bonchev–Trinajstić information content (AvgIpc) is 2.89. The van der Waals surface area contributed by atoms with Crippen molar-refractivity contribution >= 4 is 22.9 Å². The van der Waals surface area contributed by atoms with Crippen molar-refractivity contribution in [2.24, 2.45) is 13.0 Å². The van der Waals surface area contributed by atoms with Crippen molar-refractivity contribution in [2.75, 3.05) is 11.4 Å². The third-order valence-electron chi connectivity index (χ3n) is 4.95. The number of aromatic nitrogens is 4. The van der Waals surface area contributed by atoms with Gasteiger partial charge in [-0.1, -0.05) is 12.1 Å². The Morgan fingerprint density at radius 2 is 2.13 bits per heavy atom. The summed E-state index contributed by atoms with van der Waals surface area (Å²) in [5, 5.41) is 4.21. The van der Waals surface area contributed by atoms with Gasteiger partial charge in [0.25, 0.3) is 0 Å². The second kappa shape index (κ2) is 4.44. The molecule has 0 spiro atoms. The van der Waals surface area contributed by atoms with Crippen molar-refractivity contribution in [2.45, 2.75) is 18.9 Å². The molecule has 6 nitrogen and oxygen atoms in total. The minimum absolute atomic E-state index is 0.0746. The fourth-order valence-corrected chi connectivity index (χ4v) is 3.67. The van der Waals surface area contributed by atoms with Crippen LogP contribution in [0.15, 0.2) is 36.7 Å². The molecule has 2 atom stereocenters. The average molecular weight is 307 g/mol. The van der Waals surface area contributed by atoms with Crippen LogP contribution in [0.1, 0.15) is 17.9 Å². The highest BCUT2D eigenvalue weighted by molar-refractivity contribution is 5.98. The lowest BCUT2D eigenvalue weighted by molar-refractivity contribution is -0.119. The lowest BCUT2D eigenvalue weighted by atomic mass is 10.2. The van der Waals surface area contributed by atoms with Crippen LogP contribution in [-0.2, 0) is 18.4 Å². The van der Waals surface area contributed by atoms with Crippen molar-refractivity contribution in [1.82, 2.24) is 19.3 Å². The summed E-state index contributed by atoms with van der Waals surface area (Å²) in [6.45, 7) is 1.55. The van der Waals surface area contributed by atoms with Crippen molar-refractivity contribution in [1.29, 1.82) is 0 Å². The molecule has 1 aliphatic carbocycles. The van der Waals surface area contributed by atoms with E-state index in [1.807, 2.05) is 42.5 Å². The number of aryl methyl sites for hydroxylation is 1. The highest BCUT2D eigenvalue weighted by Crippen LogP contribution is 2.49. The number of anilines is 1.